The monoisotopic (exact) mass is 268 g/mol. The predicted octanol–water partition coefficient (Wildman–Crippen LogP) is 1.45. The number of Topliss-reactive ketones (excluding diaryl/α,β-unsaturated/α-hetero) is 1. The Labute approximate surface area is 114 Å². The smallest absolute Gasteiger partial charge is 0.166 e. The maximum atomic E-state index is 12.1. The van der Waals surface area contributed by atoms with Gasteiger partial charge in [0.2, 0.25) is 0 Å². The zero-order chi connectivity index (χ0) is 14.4. The van der Waals surface area contributed by atoms with Crippen molar-refractivity contribution in [1.82, 2.24) is 0 Å². The molecule has 1 aliphatic heterocycles. The van der Waals surface area contributed by atoms with Gasteiger partial charge in [-0.2, -0.15) is 0 Å². The molecule has 0 aromatic rings. The first-order valence-electron chi connectivity index (χ1n) is 7.01. The van der Waals surface area contributed by atoms with Crippen LogP contribution in [0.3, 0.4) is 0 Å². The van der Waals surface area contributed by atoms with Gasteiger partial charge in [-0.05, 0) is 31.3 Å². The molecule has 5 atom stereocenters. The fourth-order valence-corrected chi connectivity index (χ4v) is 3.13. The number of aliphatic hydroxyl groups excluding tert-OH is 1. The molecule has 19 heavy (non-hydrogen) atoms. The van der Waals surface area contributed by atoms with Crippen LogP contribution in [0.15, 0.2) is 12.2 Å². The van der Waals surface area contributed by atoms with E-state index in [0.29, 0.717) is 19.3 Å². The third-order valence-electron chi connectivity index (χ3n) is 4.31. The van der Waals surface area contributed by atoms with E-state index in [1.54, 1.807) is 6.92 Å². The van der Waals surface area contributed by atoms with E-state index in [9.17, 15) is 15.0 Å². The minimum Gasteiger partial charge on any atom is -0.387 e. The Balaban J connectivity index is 2.13. The molecule has 0 spiro atoms. The summed E-state index contributed by atoms with van der Waals surface area (Å²) < 4.78 is 5.73. The van der Waals surface area contributed by atoms with Crippen LogP contribution >= 0.6 is 0 Å². The molecule has 0 aromatic heterocycles. The minimum absolute atomic E-state index is 0.0173. The highest BCUT2D eigenvalue weighted by molar-refractivity contribution is 5.86. The molecule has 1 saturated carbocycles. The van der Waals surface area contributed by atoms with Crippen molar-refractivity contribution in [3.8, 4) is 0 Å². The molecule has 1 unspecified atom stereocenters. The SMILES string of the molecule is C=C1C2CC[C@](C)(O)[C@H](O)[C@H]2O[C@@H]1C(=O)CC(C)C. The van der Waals surface area contributed by atoms with Crippen molar-refractivity contribution in [3.05, 3.63) is 12.2 Å². The van der Waals surface area contributed by atoms with Crippen LogP contribution in [0.4, 0.5) is 0 Å². The zero-order valence-corrected chi connectivity index (χ0v) is 11.9. The number of rotatable bonds is 3. The van der Waals surface area contributed by atoms with Crippen LogP contribution in [0.5, 0.6) is 0 Å². The van der Waals surface area contributed by atoms with Gasteiger partial charge in [-0.25, -0.2) is 0 Å². The van der Waals surface area contributed by atoms with Crippen molar-refractivity contribution >= 4 is 5.78 Å². The summed E-state index contributed by atoms with van der Waals surface area (Å²) in [6.45, 7) is 9.58. The Morgan fingerprint density at radius 1 is 1.58 bits per heavy atom. The summed E-state index contributed by atoms with van der Waals surface area (Å²) in [4.78, 5) is 12.1. The summed E-state index contributed by atoms with van der Waals surface area (Å²) in [6.07, 6.45) is -0.407. The topological polar surface area (TPSA) is 66.8 Å². The molecule has 0 bridgehead atoms. The number of hydrogen-bond acceptors (Lipinski definition) is 4. The predicted molar refractivity (Wildman–Crippen MR) is 71.6 cm³/mol. The minimum atomic E-state index is -1.14. The summed E-state index contributed by atoms with van der Waals surface area (Å²) in [5.74, 6) is 0.289. The molecule has 4 heteroatoms. The lowest BCUT2D eigenvalue weighted by molar-refractivity contribution is -0.166. The highest BCUT2D eigenvalue weighted by Crippen LogP contribution is 2.44. The van der Waals surface area contributed by atoms with Crippen molar-refractivity contribution in [1.29, 1.82) is 0 Å². The largest absolute Gasteiger partial charge is 0.387 e. The number of carbonyl (C=O) groups excluding carboxylic acids is 1. The maximum absolute atomic E-state index is 12.1. The van der Waals surface area contributed by atoms with Crippen LogP contribution in [-0.4, -0.2) is 39.9 Å². The van der Waals surface area contributed by atoms with Gasteiger partial charge in [-0.15, -0.1) is 0 Å². The standard InChI is InChI=1S/C15H24O4/c1-8(2)7-11(16)12-9(3)10-5-6-15(4,18)14(17)13(10)19-12/h8,10,12-14,17-18H,3,5-7H2,1-2,4H3/t10?,12-,13-,14+,15-/m0/s1. The second kappa shape index (κ2) is 5.00. The molecule has 1 aliphatic carbocycles. The summed E-state index contributed by atoms with van der Waals surface area (Å²) in [6, 6.07) is 0. The number of hydrogen-bond donors (Lipinski definition) is 2. The van der Waals surface area contributed by atoms with Crippen LogP contribution in [0.25, 0.3) is 0 Å². The highest BCUT2D eigenvalue weighted by Gasteiger charge is 2.53. The number of aliphatic hydroxyl groups is 2. The molecule has 0 amide bonds. The van der Waals surface area contributed by atoms with E-state index in [1.165, 1.54) is 0 Å². The molecule has 2 rings (SSSR count). The first-order valence-corrected chi connectivity index (χ1v) is 7.01. The number of fused-ring (bicyclic) bond motifs is 1. The van der Waals surface area contributed by atoms with Crippen LogP contribution in [0, 0.1) is 11.8 Å². The van der Waals surface area contributed by atoms with Crippen molar-refractivity contribution in [3.63, 3.8) is 0 Å². The van der Waals surface area contributed by atoms with Crippen LogP contribution in [0.1, 0.15) is 40.0 Å². The fourth-order valence-electron chi connectivity index (χ4n) is 3.13. The molecule has 0 radical (unpaired) electrons. The number of ether oxygens (including phenoxy) is 1. The van der Waals surface area contributed by atoms with Gasteiger partial charge in [0.25, 0.3) is 0 Å². The van der Waals surface area contributed by atoms with E-state index in [1.807, 2.05) is 13.8 Å². The van der Waals surface area contributed by atoms with Crippen LogP contribution < -0.4 is 0 Å². The van der Waals surface area contributed by atoms with Crippen molar-refractivity contribution in [2.24, 2.45) is 11.8 Å². The van der Waals surface area contributed by atoms with Crippen LogP contribution in [-0.2, 0) is 9.53 Å². The first-order chi connectivity index (χ1) is 8.74. The van der Waals surface area contributed by atoms with Crippen LogP contribution in [0.2, 0.25) is 0 Å². The average Bonchev–Trinajstić information content (AvgIpc) is 2.61. The van der Waals surface area contributed by atoms with Crippen molar-refractivity contribution in [2.75, 3.05) is 0 Å². The highest BCUT2D eigenvalue weighted by atomic mass is 16.5. The lowest BCUT2D eigenvalue weighted by atomic mass is 9.73. The molecule has 108 valence electrons. The Hall–Kier alpha value is -0.710. The van der Waals surface area contributed by atoms with Gasteiger partial charge in [0.1, 0.15) is 12.2 Å². The average molecular weight is 268 g/mol. The van der Waals surface area contributed by atoms with Gasteiger partial charge in [-0.1, -0.05) is 20.4 Å². The number of carbonyl (C=O) groups is 1. The molecular formula is C15H24O4. The number of ketones is 1. The van der Waals surface area contributed by atoms with E-state index in [2.05, 4.69) is 6.58 Å². The van der Waals surface area contributed by atoms with Gasteiger partial charge in [0.05, 0.1) is 11.7 Å². The fraction of sp³-hybridized carbons (Fsp3) is 0.800. The lowest BCUT2D eigenvalue weighted by Gasteiger charge is -2.40. The molecular weight excluding hydrogens is 244 g/mol. The molecule has 0 aromatic carbocycles. The Kier molecular flexibility index (Phi) is 3.87. The molecule has 2 N–H and O–H groups in total. The zero-order valence-electron chi connectivity index (χ0n) is 11.9. The summed E-state index contributed by atoms with van der Waals surface area (Å²) in [5, 5.41) is 20.3. The van der Waals surface area contributed by atoms with Crippen molar-refractivity contribution < 1.29 is 19.7 Å². The first kappa shape index (κ1) is 14.7. The summed E-state index contributed by atoms with van der Waals surface area (Å²) >= 11 is 0. The third-order valence-corrected chi connectivity index (χ3v) is 4.31. The van der Waals surface area contributed by atoms with E-state index in [4.69, 9.17) is 4.74 Å². The van der Waals surface area contributed by atoms with E-state index < -0.39 is 23.9 Å². The van der Waals surface area contributed by atoms with Gasteiger partial charge in [-0.3, -0.25) is 4.79 Å². The molecule has 2 aliphatic rings. The van der Waals surface area contributed by atoms with E-state index >= 15 is 0 Å². The molecule has 1 heterocycles. The van der Waals surface area contributed by atoms with Gasteiger partial charge >= 0.3 is 0 Å². The van der Waals surface area contributed by atoms with Crippen molar-refractivity contribution in [2.45, 2.75) is 63.9 Å². The Morgan fingerprint density at radius 2 is 2.21 bits per heavy atom. The van der Waals surface area contributed by atoms with Gasteiger partial charge in [0.15, 0.2) is 5.78 Å². The molecule has 2 fully saturated rings. The molecule has 4 nitrogen and oxygen atoms in total. The summed E-state index contributed by atoms with van der Waals surface area (Å²) in [7, 11) is 0. The summed E-state index contributed by atoms with van der Waals surface area (Å²) in [5.41, 5.74) is -0.373. The van der Waals surface area contributed by atoms with Gasteiger partial charge < -0.3 is 14.9 Å². The second-order valence-corrected chi connectivity index (χ2v) is 6.57. The second-order valence-electron chi connectivity index (χ2n) is 6.57. The lowest BCUT2D eigenvalue weighted by Crippen LogP contribution is -2.53. The maximum Gasteiger partial charge on any atom is 0.166 e. The van der Waals surface area contributed by atoms with Gasteiger partial charge in [0, 0.05) is 12.3 Å². The normalized spacial score (nSPS) is 42.5. The third kappa shape index (κ3) is 2.62. The van der Waals surface area contributed by atoms with E-state index in [-0.39, 0.29) is 17.6 Å². The quantitative estimate of drug-likeness (QED) is 0.760. The van der Waals surface area contributed by atoms with E-state index in [0.717, 1.165) is 5.57 Å². The Bertz CT molecular complexity index is 386. The Morgan fingerprint density at radius 3 is 2.79 bits per heavy atom. The molecule has 1 saturated heterocycles.